The second-order valence-electron chi connectivity index (χ2n) is 2.51. The number of hydrazone groups is 1. The third-order valence-corrected chi connectivity index (χ3v) is 1.66. The quantitative estimate of drug-likeness (QED) is 0.608. The molecule has 1 rings (SSSR count). The smallest absolute Gasteiger partial charge is 0.243 e. The lowest BCUT2D eigenvalue weighted by atomic mass is 9.99. The zero-order valence-corrected chi connectivity index (χ0v) is 6.13. The molecule has 0 aromatic heterocycles. The zero-order chi connectivity index (χ0) is 7.40. The molecule has 56 valence electrons. The third-order valence-electron chi connectivity index (χ3n) is 1.66. The van der Waals surface area contributed by atoms with E-state index in [1.165, 1.54) is 0 Å². The van der Waals surface area contributed by atoms with Crippen LogP contribution in [0.2, 0.25) is 0 Å². The van der Waals surface area contributed by atoms with E-state index in [9.17, 15) is 4.79 Å². The standard InChI is InChI=1S/C7H12N2O/c1-2-3-6-4-5-8-9-7(6)10/h5-6H,2-4H2,1H3,(H,9,10). The summed E-state index contributed by atoms with van der Waals surface area (Å²) >= 11 is 0. The molecule has 0 radical (unpaired) electrons. The molecule has 10 heavy (non-hydrogen) atoms. The van der Waals surface area contributed by atoms with Gasteiger partial charge in [-0.2, -0.15) is 5.10 Å². The molecule has 0 bridgehead atoms. The Morgan fingerprint density at radius 3 is 3.30 bits per heavy atom. The zero-order valence-electron chi connectivity index (χ0n) is 6.13. The molecular formula is C7H12N2O. The fourth-order valence-electron chi connectivity index (χ4n) is 1.08. The van der Waals surface area contributed by atoms with Crippen LogP contribution >= 0.6 is 0 Å². The minimum atomic E-state index is 0.0735. The summed E-state index contributed by atoms with van der Waals surface area (Å²) in [5.74, 6) is 0.242. The number of nitrogens with one attached hydrogen (secondary N) is 1. The van der Waals surface area contributed by atoms with Crippen LogP contribution in [-0.4, -0.2) is 12.1 Å². The van der Waals surface area contributed by atoms with Crippen LogP contribution in [0.4, 0.5) is 0 Å². The summed E-state index contributed by atoms with van der Waals surface area (Å²) in [6.45, 7) is 2.08. The van der Waals surface area contributed by atoms with E-state index < -0.39 is 0 Å². The number of carbonyl (C=O) groups excluding carboxylic acids is 1. The minimum Gasteiger partial charge on any atom is -0.273 e. The highest BCUT2D eigenvalue weighted by molar-refractivity contribution is 5.84. The first-order chi connectivity index (χ1) is 4.84. The lowest BCUT2D eigenvalue weighted by Gasteiger charge is -2.14. The summed E-state index contributed by atoms with van der Waals surface area (Å²) in [5, 5.41) is 3.67. The van der Waals surface area contributed by atoms with Gasteiger partial charge in [-0.05, 0) is 12.8 Å². The molecule has 1 unspecified atom stereocenters. The number of nitrogens with zero attached hydrogens (tertiary/aromatic N) is 1. The molecule has 1 aliphatic rings. The summed E-state index contributed by atoms with van der Waals surface area (Å²) in [7, 11) is 0. The summed E-state index contributed by atoms with van der Waals surface area (Å²) in [5.41, 5.74) is 2.45. The lowest BCUT2D eigenvalue weighted by Crippen LogP contribution is -2.30. The van der Waals surface area contributed by atoms with Crippen LogP contribution in [-0.2, 0) is 4.79 Å². The van der Waals surface area contributed by atoms with E-state index in [1.54, 1.807) is 6.21 Å². The average molecular weight is 140 g/mol. The molecule has 0 aromatic carbocycles. The summed E-state index contributed by atoms with van der Waals surface area (Å²) < 4.78 is 0. The fourth-order valence-corrected chi connectivity index (χ4v) is 1.08. The van der Waals surface area contributed by atoms with Crippen LogP contribution < -0.4 is 5.43 Å². The lowest BCUT2D eigenvalue weighted by molar-refractivity contribution is -0.125. The van der Waals surface area contributed by atoms with Crippen LogP contribution in [0.3, 0.4) is 0 Å². The van der Waals surface area contributed by atoms with Gasteiger partial charge in [0.05, 0.1) is 0 Å². The van der Waals surface area contributed by atoms with Crippen molar-refractivity contribution in [3.63, 3.8) is 0 Å². The van der Waals surface area contributed by atoms with Gasteiger partial charge in [0, 0.05) is 12.1 Å². The number of carbonyl (C=O) groups is 1. The molecule has 1 N–H and O–H groups in total. The Bertz CT molecular complexity index is 154. The predicted octanol–water partition coefficient (Wildman–Crippen LogP) is 0.908. The highest BCUT2D eigenvalue weighted by Crippen LogP contribution is 2.11. The molecule has 1 aliphatic heterocycles. The molecule has 0 aliphatic carbocycles. The largest absolute Gasteiger partial charge is 0.273 e. The van der Waals surface area contributed by atoms with Crippen LogP contribution in [0.1, 0.15) is 26.2 Å². The normalized spacial score (nSPS) is 24.5. The van der Waals surface area contributed by atoms with Crippen molar-refractivity contribution < 1.29 is 4.79 Å². The van der Waals surface area contributed by atoms with Gasteiger partial charge in [-0.25, -0.2) is 5.43 Å². The molecule has 1 amide bonds. The van der Waals surface area contributed by atoms with Crippen molar-refractivity contribution in [1.29, 1.82) is 0 Å². The summed E-state index contributed by atoms with van der Waals surface area (Å²) in [6, 6.07) is 0. The first kappa shape index (κ1) is 7.25. The highest BCUT2D eigenvalue weighted by Gasteiger charge is 2.18. The van der Waals surface area contributed by atoms with Gasteiger partial charge in [-0.15, -0.1) is 0 Å². The van der Waals surface area contributed by atoms with E-state index in [2.05, 4.69) is 17.5 Å². The minimum absolute atomic E-state index is 0.0735. The number of hydrogen-bond donors (Lipinski definition) is 1. The van der Waals surface area contributed by atoms with E-state index in [4.69, 9.17) is 0 Å². The van der Waals surface area contributed by atoms with Crippen LogP contribution in [0.25, 0.3) is 0 Å². The first-order valence-corrected chi connectivity index (χ1v) is 3.66. The Balaban J connectivity index is 2.43. The maximum Gasteiger partial charge on any atom is 0.243 e. The second-order valence-corrected chi connectivity index (χ2v) is 2.51. The SMILES string of the molecule is CCCC1CC=NNC1=O. The number of amides is 1. The Hall–Kier alpha value is -0.860. The van der Waals surface area contributed by atoms with Gasteiger partial charge in [0.1, 0.15) is 0 Å². The molecule has 3 nitrogen and oxygen atoms in total. The summed E-state index contributed by atoms with van der Waals surface area (Å²) in [4.78, 5) is 11.0. The molecule has 0 aromatic rings. The van der Waals surface area contributed by atoms with Crippen molar-refractivity contribution in [2.45, 2.75) is 26.2 Å². The topological polar surface area (TPSA) is 41.5 Å². The Morgan fingerprint density at radius 1 is 1.90 bits per heavy atom. The predicted molar refractivity (Wildman–Crippen MR) is 39.6 cm³/mol. The molecule has 3 heteroatoms. The van der Waals surface area contributed by atoms with Gasteiger partial charge in [-0.1, -0.05) is 13.3 Å². The summed E-state index contributed by atoms with van der Waals surface area (Å²) in [6.07, 6.45) is 4.60. The maximum absolute atomic E-state index is 11.0. The van der Waals surface area contributed by atoms with Crippen molar-refractivity contribution >= 4 is 12.1 Å². The van der Waals surface area contributed by atoms with Gasteiger partial charge < -0.3 is 0 Å². The van der Waals surface area contributed by atoms with Crippen molar-refractivity contribution in [3.05, 3.63) is 0 Å². The van der Waals surface area contributed by atoms with Crippen molar-refractivity contribution in [2.24, 2.45) is 11.0 Å². The van der Waals surface area contributed by atoms with Gasteiger partial charge in [-0.3, -0.25) is 4.79 Å². The van der Waals surface area contributed by atoms with Gasteiger partial charge >= 0.3 is 0 Å². The monoisotopic (exact) mass is 140 g/mol. The van der Waals surface area contributed by atoms with E-state index in [-0.39, 0.29) is 11.8 Å². The van der Waals surface area contributed by atoms with Gasteiger partial charge in [0.15, 0.2) is 0 Å². The number of rotatable bonds is 2. The van der Waals surface area contributed by atoms with E-state index in [1.807, 2.05) is 0 Å². The van der Waals surface area contributed by atoms with Crippen molar-refractivity contribution in [1.82, 2.24) is 5.43 Å². The van der Waals surface area contributed by atoms with E-state index in [0.29, 0.717) is 0 Å². The number of hydrogen-bond acceptors (Lipinski definition) is 2. The molecule has 0 saturated carbocycles. The fraction of sp³-hybridized carbons (Fsp3) is 0.714. The molecule has 0 fully saturated rings. The van der Waals surface area contributed by atoms with Crippen molar-refractivity contribution in [3.8, 4) is 0 Å². The molecule has 1 atom stereocenters. The average Bonchev–Trinajstić information content (AvgIpc) is 1.94. The maximum atomic E-state index is 11.0. The highest BCUT2D eigenvalue weighted by atomic mass is 16.2. The Morgan fingerprint density at radius 2 is 2.70 bits per heavy atom. The van der Waals surface area contributed by atoms with Gasteiger partial charge in [0.2, 0.25) is 5.91 Å². The Kier molecular flexibility index (Phi) is 2.42. The molecule has 0 saturated heterocycles. The Labute approximate surface area is 60.5 Å². The molecule has 1 heterocycles. The van der Waals surface area contributed by atoms with E-state index in [0.717, 1.165) is 19.3 Å². The van der Waals surface area contributed by atoms with Crippen molar-refractivity contribution in [2.75, 3.05) is 0 Å². The third kappa shape index (κ3) is 1.56. The van der Waals surface area contributed by atoms with Gasteiger partial charge in [0.25, 0.3) is 0 Å². The second kappa shape index (κ2) is 3.34. The molecule has 0 spiro atoms. The van der Waals surface area contributed by atoms with Crippen LogP contribution in [0, 0.1) is 5.92 Å². The van der Waals surface area contributed by atoms with Crippen LogP contribution in [0.5, 0.6) is 0 Å². The van der Waals surface area contributed by atoms with Crippen LogP contribution in [0.15, 0.2) is 5.10 Å². The van der Waals surface area contributed by atoms with E-state index >= 15 is 0 Å². The first-order valence-electron chi connectivity index (χ1n) is 3.66. The molecular weight excluding hydrogens is 128 g/mol.